The van der Waals surface area contributed by atoms with Crippen molar-refractivity contribution in [3.8, 4) is 0 Å². The topological polar surface area (TPSA) is 21.3 Å². The first-order chi connectivity index (χ1) is 9.06. The van der Waals surface area contributed by atoms with Crippen molar-refractivity contribution in [2.45, 2.75) is 51.8 Å². The summed E-state index contributed by atoms with van der Waals surface area (Å²) in [5, 5.41) is 4.51. The molecule has 1 fully saturated rings. The van der Waals surface area contributed by atoms with Gasteiger partial charge in [0.2, 0.25) is 0 Å². The van der Waals surface area contributed by atoms with Crippen LogP contribution in [0.25, 0.3) is 0 Å². The maximum absolute atomic E-state index is 5.93. The van der Waals surface area contributed by atoms with Gasteiger partial charge >= 0.3 is 0 Å². The highest BCUT2D eigenvalue weighted by Gasteiger charge is 2.25. The molecule has 0 amide bonds. The summed E-state index contributed by atoms with van der Waals surface area (Å²) in [6, 6.07) is 9.00. The lowest BCUT2D eigenvalue weighted by Crippen LogP contribution is -2.41. The second kappa shape index (κ2) is 6.74. The fourth-order valence-electron chi connectivity index (χ4n) is 2.65. The third-order valence-corrected chi connectivity index (χ3v) is 4.17. The Morgan fingerprint density at radius 3 is 2.53 bits per heavy atom. The van der Waals surface area contributed by atoms with E-state index in [4.69, 9.17) is 16.3 Å². The van der Waals surface area contributed by atoms with Gasteiger partial charge in [-0.15, -0.1) is 0 Å². The number of ether oxygens (including phenoxy) is 1. The Labute approximate surface area is 121 Å². The van der Waals surface area contributed by atoms with Crippen LogP contribution in [0.4, 0.5) is 0 Å². The van der Waals surface area contributed by atoms with Gasteiger partial charge in [-0.25, -0.2) is 0 Å². The third kappa shape index (κ3) is 4.20. The summed E-state index contributed by atoms with van der Waals surface area (Å²) in [7, 11) is 0. The smallest absolute Gasteiger partial charge is 0.0612 e. The van der Waals surface area contributed by atoms with E-state index >= 15 is 0 Å². The van der Waals surface area contributed by atoms with Gasteiger partial charge in [0.25, 0.3) is 0 Å². The molecule has 0 aliphatic carbocycles. The number of nitrogens with one attached hydrogen (secondary N) is 1. The van der Waals surface area contributed by atoms with Crippen molar-refractivity contribution in [3.63, 3.8) is 0 Å². The molecule has 19 heavy (non-hydrogen) atoms. The maximum Gasteiger partial charge on any atom is 0.0612 e. The molecule has 3 atom stereocenters. The van der Waals surface area contributed by atoms with Crippen molar-refractivity contribution in [3.05, 3.63) is 34.9 Å². The zero-order chi connectivity index (χ0) is 13.8. The highest BCUT2D eigenvalue weighted by molar-refractivity contribution is 6.30. The van der Waals surface area contributed by atoms with Crippen molar-refractivity contribution >= 4 is 11.6 Å². The highest BCUT2D eigenvalue weighted by Crippen LogP contribution is 2.23. The molecule has 0 bridgehead atoms. The van der Waals surface area contributed by atoms with Crippen LogP contribution in [0.2, 0.25) is 5.02 Å². The van der Waals surface area contributed by atoms with E-state index in [1.165, 1.54) is 5.56 Å². The van der Waals surface area contributed by atoms with Crippen LogP contribution >= 0.6 is 11.6 Å². The molecule has 3 heteroatoms. The van der Waals surface area contributed by atoms with Crippen molar-refractivity contribution in [2.75, 3.05) is 6.61 Å². The summed E-state index contributed by atoms with van der Waals surface area (Å²) in [5.41, 5.74) is 1.29. The molecule has 0 radical (unpaired) electrons. The van der Waals surface area contributed by atoms with Crippen LogP contribution in [-0.4, -0.2) is 18.8 Å². The first-order valence-electron chi connectivity index (χ1n) is 7.19. The molecule has 2 unspecified atom stereocenters. The van der Waals surface area contributed by atoms with E-state index in [1.807, 2.05) is 12.1 Å². The van der Waals surface area contributed by atoms with E-state index in [1.54, 1.807) is 0 Å². The van der Waals surface area contributed by atoms with Gasteiger partial charge in [-0.2, -0.15) is 0 Å². The van der Waals surface area contributed by atoms with Gasteiger partial charge in [0.05, 0.1) is 6.10 Å². The molecule has 1 heterocycles. The Morgan fingerprint density at radius 1 is 1.21 bits per heavy atom. The van der Waals surface area contributed by atoms with Crippen molar-refractivity contribution in [1.29, 1.82) is 0 Å². The van der Waals surface area contributed by atoms with E-state index in [2.05, 4.69) is 38.2 Å². The van der Waals surface area contributed by atoms with Crippen LogP contribution < -0.4 is 5.32 Å². The summed E-state index contributed by atoms with van der Waals surface area (Å²) in [6.07, 6.45) is 2.60. The quantitative estimate of drug-likeness (QED) is 0.893. The lowest BCUT2D eigenvalue weighted by molar-refractivity contribution is -0.0256. The summed E-state index contributed by atoms with van der Waals surface area (Å²) < 4.78 is 5.82. The molecule has 1 saturated heterocycles. The van der Waals surface area contributed by atoms with E-state index in [9.17, 15) is 0 Å². The first kappa shape index (κ1) is 14.8. The summed E-state index contributed by atoms with van der Waals surface area (Å²) in [5.74, 6) is 0.593. The minimum Gasteiger partial charge on any atom is -0.378 e. The molecule has 1 aliphatic rings. The molecule has 1 aromatic rings. The number of benzene rings is 1. The minimum atomic E-state index is 0.355. The molecule has 106 valence electrons. The van der Waals surface area contributed by atoms with Crippen molar-refractivity contribution < 1.29 is 4.74 Å². The highest BCUT2D eigenvalue weighted by atomic mass is 35.5. The molecular formula is C16H24ClNO. The van der Waals surface area contributed by atoms with E-state index in [-0.39, 0.29) is 0 Å². The fourth-order valence-corrected chi connectivity index (χ4v) is 2.77. The van der Waals surface area contributed by atoms with Crippen LogP contribution in [0.3, 0.4) is 0 Å². The van der Waals surface area contributed by atoms with Gasteiger partial charge in [0, 0.05) is 23.7 Å². The van der Waals surface area contributed by atoms with Gasteiger partial charge in [0.1, 0.15) is 0 Å². The van der Waals surface area contributed by atoms with Crippen LogP contribution in [0.5, 0.6) is 0 Å². The second-order valence-electron chi connectivity index (χ2n) is 5.81. The summed E-state index contributed by atoms with van der Waals surface area (Å²) in [6.45, 7) is 7.54. The molecule has 1 N–H and O–H groups in total. The molecule has 1 aliphatic heterocycles. The normalized spacial score (nSPS) is 25.5. The molecule has 2 rings (SSSR count). The SMILES string of the molecule is CC(C)C1CC(N[C@H](C)c2ccc(Cl)cc2)CCO1. The lowest BCUT2D eigenvalue weighted by atomic mass is 9.94. The third-order valence-electron chi connectivity index (χ3n) is 3.91. The van der Waals surface area contributed by atoms with E-state index in [0.29, 0.717) is 24.1 Å². The van der Waals surface area contributed by atoms with E-state index < -0.39 is 0 Å². The number of rotatable bonds is 4. The van der Waals surface area contributed by atoms with Gasteiger partial charge in [-0.3, -0.25) is 0 Å². The van der Waals surface area contributed by atoms with Crippen LogP contribution in [-0.2, 0) is 4.74 Å². The van der Waals surface area contributed by atoms with E-state index in [0.717, 1.165) is 24.5 Å². The number of hydrogen-bond donors (Lipinski definition) is 1. The van der Waals surface area contributed by atoms with Gasteiger partial charge < -0.3 is 10.1 Å². The van der Waals surface area contributed by atoms with Crippen molar-refractivity contribution in [2.24, 2.45) is 5.92 Å². The standard InChI is InChI=1S/C16H24ClNO/c1-11(2)16-10-15(8-9-19-16)18-12(3)13-4-6-14(17)7-5-13/h4-7,11-12,15-16,18H,8-10H2,1-3H3/t12-,15?,16?/m1/s1. The molecule has 0 saturated carbocycles. The fraction of sp³-hybridized carbons (Fsp3) is 0.625. The Bertz CT molecular complexity index is 390. The largest absolute Gasteiger partial charge is 0.378 e. The molecule has 1 aromatic carbocycles. The van der Waals surface area contributed by atoms with Crippen LogP contribution in [0, 0.1) is 5.92 Å². The molecule has 0 aromatic heterocycles. The molecule has 0 spiro atoms. The Kier molecular flexibility index (Phi) is 5.26. The molecular weight excluding hydrogens is 258 g/mol. The second-order valence-corrected chi connectivity index (χ2v) is 6.25. The van der Waals surface area contributed by atoms with Gasteiger partial charge in [-0.05, 0) is 43.4 Å². The van der Waals surface area contributed by atoms with Crippen LogP contribution in [0.1, 0.15) is 45.2 Å². The lowest BCUT2D eigenvalue weighted by Gasteiger charge is -2.34. The zero-order valence-electron chi connectivity index (χ0n) is 12.0. The van der Waals surface area contributed by atoms with Crippen LogP contribution in [0.15, 0.2) is 24.3 Å². The number of halogens is 1. The molecule has 2 nitrogen and oxygen atoms in total. The maximum atomic E-state index is 5.93. The predicted octanol–water partition coefficient (Wildman–Crippen LogP) is 4.19. The summed E-state index contributed by atoms with van der Waals surface area (Å²) >= 11 is 5.93. The van der Waals surface area contributed by atoms with Crippen molar-refractivity contribution in [1.82, 2.24) is 5.32 Å². The van der Waals surface area contributed by atoms with Gasteiger partial charge in [0.15, 0.2) is 0 Å². The zero-order valence-corrected chi connectivity index (χ0v) is 12.8. The average molecular weight is 282 g/mol. The Morgan fingerprint density at radius 2 is 1.89 bits per heavy atom. The monoisotopic (exact) mass is 281 g/mol. The Hall–Kier alpha value is -0.570. The summed E-state index contributed by atoms with van der Waals surface area (Å²) in [4.78, 5) is 0. The van der Waals surface area contributed by atoms with Gasteiger partial charge in [-0.1, -0.05) is 37.6 Å². The average Bonchev–Trinajstić information content (AvgIpc) is 2.39. The number of hydrogen-bond acceptors (Lipinski definition) is 2. The Balaban J connectivity index is 1.91. The predicted molar refractivity (Wildman–Crippen MR) is 80.6 cm³/mol. The minimum absolute atomic E-state index is 0.355. The first-order valence-corrected chi connectivity index (χ1v) is 7.57.